The highest BCUT2D eigenvalue weighted by Crippen LogP contribution is 2.01. The molecule has 1 N–H and O–H groups in total. The van der Waals surface area contributed by atoms with Crippen LogP contribution >= 0.6 is 0 Å². The van der Waals surface area contributed by atoms with Crippen LogP contribution in [0.25, 0.3) is 0 Å². The van der Waals surface area contributed by atoms with E-state index in [1.165, 1.54) is 12.2 Å². The van der Waals surface area contributed by atoms with E-state index in [4.69, 9.17) is 0 Å². The van der Waals surface area contributed by atoms with Crippen LogP contribution in [-0.2, 0) is 22.7 Å². The highest BCUT2D eigenvalue weighted by atomic mass is 16.2. The van der Waals surface area contributed by atoms with Gasteiger partial charge in [0, 0.05) is 13.1 Å². The van der Waals surface area contributed by atoms with Crippen LogP contribution in [0.3, 0.4) is 0 Å². The average molecular weight is 379 g/mol. The summed E-state index contributed by atoms with van der Waals surface area (Å²) in [6.07, 6.45) is 8.89. The summed E-state index contributed by atoms with van der Waals surface area (Å²) in [5.41, 5.74) is -1.99. The first-order valence-electron chi connectivity index (χ1n) is 9.13. The van der Waals surface area contributed by atoms with Gasteiger partial charge >= 0.3 is 17.1 Å². The van der Waals surface area contributed by atoms with Gasteiger partial charge in [0.05, 0.1) is 13.1 Å². The Morgan fingerprint density at radius 3 is 1.48 bits per heavy atom. The molecule has 0 aliphatic carbocycles. The Morgan fingerprint density at radius 1 is 0.667 bits per heavy atom. The number of hydrogen-bond donors (Lipinski definition) is 1. The summed E-state index contributed by atoms with van der Waals surface area (Å²) >= 11 is 0. The summed E-state index contributed by atoms with van der Waals surface area (Å²) in [6.45, 7) is 1.32. The summed E-state index contributed by atoms with van der Waals surface area (Å²) in [4.78, 5) is 65.2. The van der Waals surface area contributed by atoms with Gasteiger partial charge in [-0.2, -0.15) is 0 Å². The van der Waals surface area contributed by atoms with Crippen molar-refractivity contribution in [1.82, 2.24) is 14.1 Å². The van der Waals surface area contributed by atoms with Crippen LogP contribution in [0.15, 0.2) is 24.4 Å². The number of aromatic nitrogens is 3. The Hall–Kier alpha value is -2.83. The van der Waals surface area contributed by atoms with Crippen molar-refractivity contribution >= 4 is 12.2 Å². The highest BCUT2D eigenvalue weighted by molar-refractivity contribution is 5.32. The minimum Gasteiger partial charge on any atom is -0.259 e. The minimum absolute atomic E-state index is 0.231. The van der Waals surface area contributed by atoms with E-state index in [0.717, 1.165) is 47.7 Å². The van der Waals surface area contributed by atoms with Crippen LogP contribution < -0.4 is 17.1 Å². The quantitative estimate of drug-likeness (QED) is 0.285. The predicted molar refractivity (Wildman–Crippen MR) is 98.5 cm³/mol. The molecule has 1 aromatic rings. The average Bonchev–Trinajstić information content (AvgIpc) is 2.64. The second kappa shape index (κ2) is 13.4. The maximum Gasteiger partial charge on any atom is 0.336 e. The first kappa shape index (κ1) is 22.2. The summed E-state index contributed by atoms with van der Waals surface area (Å²) in [5, 5.41) is 0. The lowest BCUT2D eigenvalue weighted by Gasteiger charge is -2.09. The SMILES string of the molecule is O=C=NCCCCCCn1c(=O)[nH]c(=O)n(CCCCCCN=C=O)c1=O. The van der Waals surface area contributed by atoms with Gasteiger partial charge in [-0.25, -0.2) is 43.1 Å². The molecule has 0 spiro atoms. The number of nitrogens with zero attached hydrogens (tertiary/aromatic N) is 4. The molecule has 10 nitrogen and oxygen atoms in total. The first-order chi connectivity index (χ1) is 13.1. The monoisotopic (exact) mass is 379 g/mol. The molecule has 0 saturated carbocycles. The molecule has 0 aromatic carbocycles. The molecule has 0 radical (unpaired) electrons. The molecule has 27 heavy (non-hydrogen) atoms. The lowest BCUT2D eigenvalue weighted by atomic mass is 10.2. The molecule has 0 aliphatic rings. The van der Waals surface area contributed by atoms with E-state index >= 15 is 0 Å². The molecule has 1 rings (SSSR count). The number of unbranched alkanes of at least 4 members (excludes halogenated alkanes) is 6. The summed E-state index contributed by atoms with van der Waals surface area (Å²) in [6, 6.07) is 0. The third-order valence-electron chi connectivity index (χ3n) is 4.10. The summed E-state index contributed by atoms with van der Waals surface area (Å²) < 4.78 is 2.09. The standard InChI is InChI=1S/C17H25N5O5/c23-13-18-9-5-1-3-7-11-21-15(25)20-16(26)22(17(21)27)12-8-4-2-6-10-19-14-24/h1-12H2,(H,20,25,26). The van der Waals surface area contributed by atoms with Crippen molar-refractivity contribution in [2.75, 3.05) is 13.1 Å². The second-order valence-electron chi connectivity index (χ2n) is 6.10. The van der Waals surface area contributed by atoms with Gasteiger partial charge in [0.2, 0.25) is 12.2 Å². The number of rotatable bonds is 14. The molecule has 1 aromatic heterocycles. The third kappa shape index (κ3) is 8.40. The molecular weight excluding hydrogens is 354 g/mol. The zero-order valence-corrected chi connectivity index (χ0v) is 15.3. The van der Waals surface area contributed by atoms with Crippen LogP contribution in [-0.4, -0.2) is 39.4 Å². The van der Waals surface area contributed by atoms with Crippen LogP contribution in [0, 0.1) is 0 Å². The molecule has 0 bridgehead atoms. The van der Waals surface area contributed by atoms with E-state index in [-0.39, 0.29) is 13.1 Å². The predicted octanol–water partition coefficient (Wildman–Crippen LogP) is 0.491. The van der Waals surface area contributed by atoms with Gasteiger partial charge in [-0.15, -0.1) is 0 Å². The number of hydrogen-bond acceptors (Lipinski definition) is 7. The fourth-order valence-electron chi connectivity index (χ4n) is 2.66. The van der Waals surface area contributed by atoms with Crippen molar-refractivity contribution in [3.63, 3.8) is 0 Å². The number of isocyanates is 2. The highest BCUT2D eigenvalue weighted by Gasteiger charge is 2.09. The number of nitrogens with one attached hydrogen (secondary N) is 1. The number of carbonyl (C=O) groups excluding carboxylic acids is 2. The van der Waals surface area contributed by atoms with Gasteiger partial charge in [0.25, 0.3) is 0 Å². The van der Waals surface area contributed by atoms with Gasteiger partial charge in [-0.3, -0.25) is 4.98 Å². The normalized spacial score (nSPS) is 10.2. The minimum atomic E-state index is -0.696. The number of aromatic amines is 1. The molecule has 0 fully saturated rings. The molecule has 0 aliphatic heterocycles. The van der Waals surface area contributed by atoms with Gasteiger partial charge in [-0.05, 0) is 25.7 Å². The summed E-state index contributed by atoms with van der Waals surface area (Å²) in [5.74, 6) is 0. The Bertz CT molecular complexity index is 775. The van der Waals surface area contributed by atoms with Crippen molar-refractivity contribution in [2.45, 2.75) is 64.5 Å². The van der Waals surface area contributed by atoms with Crippen LogP contribution in [0.1, 0.15) is 51.4 Å². The lowest BCUT2D eigenvalue weighted by molar-refractivity contribution is 0.466. The van der Waals surface area contributed by atoms with E-state index in [9.17, 15) is 24.0 Å². The zero-order chi connectivity index (χ0) is 19.9. The Labute approximate surface area is 155 Å². The molecule has 0 atom stereocenters. The fourth-order valence-corrected chi connectivity index (χ4v) is 2.66. The van der Waals surface area contributed by atoms with E-state index in [2.05, 4.69) is 15.0 Å². The Kier molecular flexibility index (Phi) is 11.0. The van der Waals surface area contributed by atoms with Crippen LogP contribution in [0.4, 0.5) is 0 Å². The van der Waals surface area contributed by atoms with E-state index in [1.54, 1.807) is 0 Å². The zero-order valence-electron chi connectivity index (χ0n) is 15.3. The molecule has 10 heteroatoms. The van der Waals surface area contributed by atoms with Crippen molar-refractivity contribution < 1.29 is 9.59 Å². The van der Waals surface area contributed by atoms with Gasteiger partial charge < -0.3 is 0 Å². The lowest BCUT2D eigenvalue weighted by Crippen LogP contribution is -2.49. The molecular formula is C17H25N5O5. The fraction of sp³-hybridized carbons (Fsp3) is 0.706. The van der Waals surface area contributed by atoms with E-state index in [0.29, 0.717) is 25.9 Å². The Morgan fingerprint density at radius 2 is 1.07 bits per heavy atom. The molecule has 0 saturated heterocycles. The molecule has 1 heterocycles. The first-order valence-corrected chi connectivity index (χ1v) is 9.13. The maximum atomic E-state index is 12.4. The van der Waals surface area contributed by atoms with Crippen LogP contribution in [0.2, 0.25) is 0 Å². The van der Waals surface area contributed by atoms with Gasteiger partial charge in [0.1, 0.15) is 0 Å². The second-order valence-corrected chi connectivity index (χ2v) is 6.10. The van der Waals surface area contributed by atoms with E-state index < -0.39 is 17.1 Å². The van der Waals surface area contributed by atoms with Gasteiger partial charge in [-0.1, -0.05) is 25.7 Å². The smallest absolute Gasteiger partial charge is 0.259 e. The Balaban J connectivity index is 2.54. The molecule has 0 unspecified atom stereocenters. The van der Waals surface area contributed by atoms with E-state index in [1.807, 2.05) is 0 Å². The number of aliphatic imine (C=N–C) groups is 2. The molecule has 148 valence electrons. The van der Waals surface area contributed by atoms with Gasteiger partial charge in [0.15, 0.2) is 0 Å². The van der Waals surface area contributed by atoms with Crippen molar-refractivity contribution in [1.29, 1.82) is 0 Å². The third-order valence-corrected chi connectivity index (χ3v) is 4.10. The van der Waals surface area contributed by atoms with Crippen LogP contribution in [0.5, 0.6) is 0 Å². The van der Waals surface area contributed by atoms with Crippen molar-refractivity contribution in [3.05, 3.63) is 31.5 Å². The van der Waals surface area contributed by atoms with Crippen molar-refractivity contribution in [2.24, 2.45) is 9.98 Å². The molecule has 0 amide bonds. The van der Waals surface area contributed by atoms with Crippen molar-refractivity contribution in [3.8, 4) is 0 Å². The summed E-state index contributed by atoms with van der Waals surface area (Å²) in [7, 11) is 0. The largest absolute Gasteiger partial charge is 0.336 e. The maximum absolute atomic E-state index is 12.4. The number of H-pyrrole nitrogens is 1. The topological polar surface area (TPSA) is 136 Å².